The summed E-state index contributed by atoms with van der Waals surface area (Å²) in [5, 5.41) is 5.22. The molecule has 0 aliphatic rings. The number of ether oxygens (including phenoxy) is 2. The SMILES string of the molecule is CC(C)Cn1nc(C(=O)OCCOc2ccccc2)c2ccccc2c1=O. The lowest BCUT2D eigenvalue weighted by molar-refractivity contribution is 0.0443. The van der Waals surface area contributed by atoms with Gasteiger partial charge in [-0.05, 0) is 24.1 Å². The molecule has 2 aromatic carbocycles. The summed E-state index contributed by atoms with van der Waals surface area (Å²) in [5.74, 6) is 0.363. The minimum atomic E-state index is -0.569. The van der Waals surface area contributed by atoms with Crippen LogP contribution in [-0.4, -0.2) is 29.0 Å². The Morgan fingerprint density at radius 3 is 2.37 bits per heavy atom. The summed E-state index contributed by atoms with van der Waals surface area (Å²) in [6.45, 7) is 4.73. The van der Waals surface area contributed by atoms with Gasteiger partial charge in [0.2, 0.25) is 0 Å². The van der Waals surface area contributed by atoms with Gasteiger partial charge in [-0.15, -0.1) is 0 Å². The molecule has 27 heavy (non-hydrogen) atoms. The second-order valence-corrected chi connectivity index (χ2v) is 6.57. The number of hydrogen-bond donors (Lipinski definition) is 0. The van der Waals surface area contributed by atoms with E-state index in [4.69, 9.17) is 9.47 Å². The maximum Gasteiger partial charge on any atom is 0.359 e. The Kier molecular flexibility index (Phi) is 5.86. The molecule has 140 valence electrons. The number of benzene rings is 2. The summed E-state index contributed by atoms with van der Waals surface area (Å²) in [4.78, 5) is 25.1. The van der Waals surface area contributed by atoms with Gasteiger partial charge >= 0.3 is 5.97 Å². The lowest BCUT2D eigenvalue weighted by Gasteiger charge is -2.12. The third kappa shape index (κ3) is 4.53. The molecule has 1 heterocycles. The molecule has 0 radical (unpaired) electrons. The Morgan fingerprint density at radius 2 is 1.67 bits per heavy atom. The summed E-state index contributed by atoms with van der Waals surface area (Å²) in [7, 11) is 0. The third-order valence-corrected chi connectivity index (χ3v) is 3.93. The first kappa shape index (κ1) is 18.6. The predicted molar refractivity (Wildman–Crippen MR) is 103 cm³/mol. The van der Waals surface area contributed by atoms with Crippen LogP contribution in [0.2, 0.25) is 0 Å². The second-order valence-electron chi connectivity index (χ2n) is 6.57. The fourth-order valence-electron chi connectivity index (χ4n) is 2.73. The Labute approximate surface area is 157 Å². The van der Waals surface area contributed by atoms with Crippen LogP contribution in [-0.2, 0) is 11.3 Å². The standard InChI is InChI=1S/C21H22N2O4/c1-15(2)14-23-20(24)18-11-7-6-10-17(18)19(22-23)21(25)27-13-12-26-16-8-4-3-5-9-16/h3-11,15H,12-14H2,1-2H3. The van der Waals surface area contributed by atoms with Gasteiger partial charge in [0.1, 0.15) is 19.0 Å². The average molecular weight is 366 g/mol. The van der Waals surface area contributed by atoms with Crippen molar-refractivity contribution in [2.75, 3.05) is 13.2 Å². The fourth-order valence-corrected chi connectivity index (χ4v) is 2.73. The first-order valence-electron chi connectivity index (χ1n) is 8.91. The van der Waals surface area contributed by atoms with E-state index in [1.165, 1.54) is 4.68 Å². The Morgan fingerprint density at radius 1 is 1.00 bits per heavy atom. The molecular weight excluding hydrogens is 344 g/mol. The van der Waals surface area contributed by atoms with Gasteiger partial charge in [-0.3, -0.25) is 4.79 Å². The topological polar surface area (TPSA) is 70.4 Å². The van der Waals surface area contributed by atoms with Gasteiger partial charge in [0.05, 0.1) is 5.39 Å². The van der Waals surface area contributed by atoms with Crippen molar-refractivity contribution in [1.29, 1.82) is 0 Å². The molecule has 0 bridgehead atoms. The summed E-state index contributed by atoms with van der Waals surface area (Å²) in [6.07, 6.45) is 0. The molecule has 0 aliphatic carbocycles. The van der Waals surface area contributed by atoms with E-state index in [9.17, 15) is 9.59 Å². The highest BCUT2D eigenvalue weighted by atomic mass is 16.6. The predicted octanol–water partition coefficient (Wildman–Crippen LogP) is 3.29. The summed E-state index contributed by atoms with van der Waals surface area (Å²) >= 11 is 0. The van der Waals surface area contributed by atoms with Crippen molar-refractivity contribution in [1.82, 2.24) is 9.78 Å². The number of nitrogens with zero attached hydrogens (tertiary/aromatic N) is 2. The molecule has 0 saturated heterocycles. The highest BCUT2D eigenvalue weighted by Crippen LogP contribution is 2.15. The van der Waals surface area contributed by atoms with Crippen LogP contribution in [0.4, 0.5) is 0 Å². The maximum atomic E-state index is 12.6. The molecule has 3 aromatic rings. The minimum absolute atomic E-state index is 0.0903. The van der Waals surface area contributed by atoms with Gasteiger partial charge < -0.3 is 9.47 Å². The van der Waals surface area contributed by atoms with E-state index in [0.29, 0.717) is 23.1 Å². The molecule has 6 nitrogen and oxygen atoms in total. The molecule has 0 saturated carbocycles. The van der Waals surface area contributed by atoms with Crippen molar-refractivity contribution in [2.24, 2.45) is 5.92 Å². The molecule has 0 spiro atoms. The number of rotatable bonds is 7. The summed E-state index contributed by atoms with van der Waals surface area (Å²) < 4.78 is 12.2. The van der Waals surface area contributed by atoms with Crippen molar-refractivity contribution in [2.45, 2.75) is 20.4 Å². The van der Waals surface area contributed by atoms with Crippen molar-refractivity contribution in [3.8, 4) is 5.75 Å². The van der Waals surface area contributed by atoms with Gasteiger partial charge in [0.15, 0.2) is 5.69 Å². The normalized spacial score (nSPS) is 10.9. The zero-order valence-electron chi connectivity index (χ0n) is 15.4. The van der Waals surface area contributed by atoms with E-state index in [2.05, 4.69) is 5.10 Å². The molecule has 0 atom stereocenters. The van der Waals surface area contributed by atoms with Gasteiger partial charge in [-0.2, -0.15) is 5.10 Å². The summed E-state index contributed by atoms with van der Waals surface area (Å²) in [5.41, 5.74) is -0.0613. The van der Waals surface area contributed by atoms with E-state index in [1.54, 1.807) is 24.3 Å². The smallest absolute Gasteiger partial charge is 0.359 e. The van der Waals surface area contributed by atoms with Crippen molar-refractivity contribution >= 4 is 16.7 Å². The molecule has 0 amide bonds. The van der Waals surface area contributed by atoms with E-state index >= 15 is 0 Å². The van der Waals surface area contributed by atoms with Crippen LogP contribution in [0.25, 0.3) is 10.8 Å². The van der Waals surface area contributed by atoms with E-state index in [-0.39, 0.29) is 30.4 Å². The van der Waals surface area contributed by atoms with E-state index in [1.807, 2.05) is 44.2 Å². The molecule has 0 N–H and O–H groups in total. The maximum absolute atomic E-state index is 12.6. The van der Waals surface area contributed by atoms with Crippen LogP contribution in [0.5, 0.6) is 5.75 Å². The van der Waals surface area contributed by atoms with Crippen LogP contribution in [0.15, 0.2) is 59.4 Å². The zero-order chi connectivity index (χ0) is 19.2. The largest absolute Gasteiger partial charge is 0.490 e. The van der Waals surface area contributed by atoms with Crippen molar-refractivity contribution in [3.05, 3.63) is 70.6 Å². The van der Waals surface area contributed by atoms with Crippen LogP contribution in [0, 0.1) is 5.92 Å². The number of hydrogen-bond acceptors (Lipinski definition) is 5. The van der Waals surface area contributed by atoms with Crippen molar-refractivity contribution in [3.63, 3.8) is 0 Å². The molecular formula is C21H22N2O4. The fraction of sp³-hybridized carbons (Fsp3) is 0.286. The highest BCUT2D eigenvalue weighted by molar-refractivity contribution is 6.02. The number of aromatic nitrogens is 2. The van der Waals surface area contributed by atoms with Crippen molar-refractivity contribution < 1.29 is 14.3 Å². The quantitative estimate of drug-likeness (QED) is 0.474. The number of fused-ring (bicyclic) bond motifs is 1. The molecule has 1 aromatic heterocycles. The Bertz CT molecular complexity index is 980. The highest BCUT2D eigenvalue weighted by Gasteiger charge is 2.18. The van der Waals surface area contributed by atoms with Crippen LogP contribution < -0.4 is 10.3 Å². The first-order valence-corrected chi connectivity index (χ1v) is 8.91. The van der Waals surface area contributed by atoms with E-state index in [0.717, 1.165) is 0 Å². The van der Waals surface area contributed by atoms with E-state index < -0.39 is 5.97 Å². The second kappa shape index (κ2) is 8.49. The molecule has 0 unspecified atom stereocenters. The van der Waals surface area contributed by atoms with Crippen LogP contribution >= 0.6 is 0 Å². The minimum Gasteiger partial charge on any atom is -0.490 e. The number of carbonyl (C=O) groups excluding carboxylic acids is 1. The number of carbonyl (C=O) groups is 1. The first-order chi connectivity index (χ1) is 13.1. The van der Waals surface area contributed by atoms with Gasteiger partial charge in [-0.1, -0.05) is 50.2 Å². The van der Waals surface area contributed by atoms with Gasteiger partial charge in [0, 0.05) is 11.9 Å². The zero-order valence-corrected chi connectivity index (χ0v) is 15.4. The Balaban J connectivity index is 1.77. The Hall–Kier alpha value is -3.15. The molecule has 0 aliphatic heterocycles. The summed E-state index contributed by atoms with van der Waals surface area (Å²) in [6, 6.07) is 16.3. The molecule has 6 heteroatoms. The number of esters is 1. The van der Waals surface area contributed by atoms with Crippen LogP contribution in [0.1, 0.15) is 24.3 Å². The van der Waals surface area contributed by atoms with Gasteiger partial charge in [0.25, 0.3) is 5.56 Å². The van der Waals surface area contributed by atoms with Crippen LogP contribution in [0.3, 0.4) is 0 Å². The average Bonchev–Trinajstić information content (AvgIpc) is 2.68. The lowest BCUT2D eigenvalue weighted by atomic mass is 10.1. The van der Waals surface area contributed by atoms with Gasteiger partial charge in [-0.25, -0.2) is 9.48 Å². The molecule has 3 rings (SSSR count). The molecule has 0 fully saturated rings. The lowest BCUT2D eigenvalue weighted by Crippen LogP contribution is -2.28. The number of para-hydroxylation sites is 1. The third-order valence-electron chi connectivity index (χ3n) is 3.93. The monoisotopic (exact) mass is 366 g/mol.